The summed E-state index contributed by atoms with van der Waals surface area (Å²) in [7, 11) is 0. The number of benzene rings is 6. The lowest BCUT2D eigenvalue weighted by molar-refractivity contribution is 0.663. The van der Waals surface area contributed by atoms with E-state index in [9.17, 15) is 10.5 Å². The van der Waals surface area contributed by atoms with Gasteiger partial charge in [0.2, 0.25) is 0 Å². The predicted molar refractivity (Wildman–Crippen MR) is 216 cm³/mol. The van der Waals surface area contributed by atoms with Gasteiger partial charge in [-0.3, -0.25) is 0 Å². The number of hydrogen-bond acceptors (Lipinski definition) is 4. The summed E-state index contributed by atoms with van der Waals surface area (Å²) in [5.41, 5.74) is 9.53. The van der Waals surface area contributed by atoms with Gasteiger partial charge in [-0.2, -0.15) is 10.5 Å². The van der Waals surface area contributed by atoms with Crippen molar-refractivity contribution >= 4 is 54.4 Å². The molecule has 0 aliphatic heterocycles. The SMILES string of the molecule is C/C=C\CC(C)C.N#Cc1nc2c(nc1C#N)-c1cc(-n3c4ccccc4c4ccccc43)cc3cc(-n4c5ccccc5c5ccccc54)cc-2c13. The molecule has 0 saturated carbocycles. The summed E-state index contributed by atoms with van der Waals surface area (Å²) in [6.45, 7) is 6.50. The first-order chi connectivity index (χ1) is 26.0. The first kappa shape index (κ1) is 31.9. The van der Waals surface area contributed by atoms with Crippen molar-refractivity contribution in [3.05, 3.63) is 145 Å². The summed E-state index contributed by atoms with van der Waals surface area (Å²) in [5, 5.41) is 26.6. The Bertz CT molecular complexity index is 2750. The molecule has 6 heteroatoms. The van der Waals surface area contributed by atoms with E-state index in [2.05, 4.69) is 176 Å². The third-order valence-corrected chi connectivity index (χ3v) is 10.2. The number of nitrogens with zero attached hydrogens (tertiary/aromatic N) is 6. The van der Waals surface area contributed by atoms with Crippen molar-refractivity contribution in [3.63, 3.8) is 0 Å². The second-order valence-electron chi connectivity index (χ2n) is 13.9. The van der Waals surface area contributed by atoms with Crippen molar-refractivity contribution in [1.29, 1.82) is 10.5 Å². The van der Waals surface area contributed by atoms with Gasteiger partial charge in [-0.25, -0.2) is 9.97 Å². The van der Waals surface area contributed by atoms with E-state index in [0.717, 1.165) is 61.3 Å². The van der Waals surface area contributed by atoms with Crippen molar-refractivity contribution in [3.8, 4) is 46.0 Å². The highest BCUT2D eigenvalue weighted by Crippen LogP contribution is 2.49. The van der Waals surface area contributed by atoms with Gasteiger partial charge >= 0.3 is 0 Å². The lowest BCUT2D eigenvalue weighted by Gasteiger charge is -2.14. The third-order valence-electron chi connectivity index (χ3n) is 10.2. The number of allylic oxidation sites excluding steroid dienone is 2. The molecular weight excluding hydrogens is 649 g/mol. The van der Waals surface area contributed by atoms with E-state index in [1.165, 1.54) is 28.0 Å². The number of fused-ring (bicyclic) bond motifs is 9. The van der Waals surface area contributed by atoms with Crippen molar-refractivity contribution in [1.82, 2.24) is 19.1 Å². The van der Waals surface area contributed by atoms with E-state index >= 15 is 0 Å². The Kier molecular flexibility index (Phi) is 7.61. The van der Waals surface area contributed by atoms with Gasteiger partial charge in [-0.05, 0) is 73.2 Å². The van der Waals surface area contributed by atoms with E-state index in [1.807, 2.05) is 0 Å². The normalized spacial score (nSPS) is 11.8. The Labute approximate surface area is 307 Å². The van der Waals surface area contributed by atoms with Gasteiger partial charge in [0.05, 0.1) is 33.5 Å². The molecule has 6 aromatic carbocycles. The summed E-state index contributed by atoms with van der Waals surface area (Å²) in [6, 6.07) is 46.8. The highest BCUT2D eigenvalue weighted by molar-refractivity contribution is 6.17. The van der Waals surface area contributed by atoms with Crippen molar-refractivity contribution < 1.29 is 0 Å². The lowest BCUT2D eigenvalue weighted by atomic mass is 10.0. The molecule has 0 atom stereocenters. The molecule has 1 aliphatic rings. The molecule has 53 heavy (non-hydrogen) atoms. The summed E-state index contributed by atoms with van der Waals surface area (Å²) in [4.78, 5) is 9.52. The fourth-order valence-corrected chi connectivity index (χ4v) is 7.89. The van der Waals surface area contributed by atoms with E-state index < -0.39 is 0 Å². The Morgan fingerprint density at radius 3 is 1.28 bits per heavy atom. The van der Waals surface area contributed by atoms with Gasteiger partial charge in [-0.1, -0.05) is 98.8 Å². The van der Waals surface area contributed by atoms with Crippen LogP contribution < -0.4 is 0 Å². The molecule has 0 N–H and O–H groups in total. The van der Waals surface area contributed by atoms with E-state index in [-0.39, 0.29) is 11.4 Å². The molecule has 0 radical (unpaired) electrons. The molecule has 10 rings (SSSR count). The van der Waals surface area contributed by atoms with Crippen LogP contribution in [0.15, 0.2) is 133 Å². The molecular formula is C47H34N6. The molecule has 9 aromatic rings. The highest BCUT2D eigenvalue weighted by atomic mass is 15.0. The second kappa shape index (κ2) is 12.6. The number of aromatic nitrogens is 4. The minimum absolute atomic E-state index is 0.0343. The Balaban J connectivity index is 0.000000487. The van der Waals surface area contributed by atoms with Gasteiger partial charge in [0.15, 0.2) is 11.4 Å². The monoisotopic (exact) mass is 682 g/mol. The van der Waals surface area contributed by atoms with Crippen molar-refractivity contribution in [2.24, 2.45) is 5.92 Å². The molecule has 1 aliphatic carbocycles. The van der Waals surface area contributed by atoms with Crippen LogP contribution in [0, 0.1) is 28.6 Å². The van der Waals surface area contributed by atoms with E-state index in [4.69, 9.17) is 9.97 Å². The van der Waals surface area contributed by atoms with Crippen molar-refractivity contribution in [2.75, 3.05) is 0 Å². The fraction of sp³-hybridized carbons (Fsp3) is 0.106. The first-order valence-corrected chi connectivity index (χ1v) is 17.9. The second-order valence-corrected chi connectivity index (χ2v) is 13.9. The maximum absolute atomic E-state index is 9.89. The zero-order valence-corrected chi connectivity index (χ0v) is 29.7. The Morgan fingerprint density at radius 2 is 0.962 bits per heavy atom. The Morgan fingerprint density at radius 1 is 0.585 bits per heavy atom. The van der Waals surface area contributed by atoms with Crippen LogP contribution in [0.4, 0.5) is 0 Å². The molecule has 6 nitrogen and oxygen atoms in total. The molecule has 0 fully saturated rings. The van der Waals surface area contributed by atoms with E-state index in [0.29, 0.717) is 11.4 Å². The van der Waals surface area contributed by atoms with Gasteiger partial charge in [0.25, 0.3) is 0 Å². The van der Waals surface area contributed by atoms with Crippen LogP contribution >= 0.6 is 0 Å². The summed E-state index contributed by atoms with van der Waals surface area (Å²) >= 11 is 0. The molecule has 252 valence electrons. The predicted octanol–water partition coefficient (Wildman–Crippen LogP) is 11.8. The van der Waals surface area contributed by atoms with Crippen LogP contribution in [-0.2, 0) is 0 Å². The van der Waals surface area contributed by atoms with Crippen LogP contribution in [-0.4, -0.2) is 19.1 Å². The largest absolute Gasteiger partial charge is 0.309 e. The third kappa shape index (κ3) is 4.99. The summed E-state index contributed by atoms with van der Waals surface area (Å²) in [5.74, 6) is 0.816. The summed E-state index contributed by atoms with van der Waals surface area (Å²) in [6.07, 6.45) is 5.52. The van der Waals surface area contributed by atoms with Crippen LogP contribution in [0.5, 0.6) is 0 Å². The number of rotatable bonds is 4. The molecule has 0 bridgehead atoms. The standard InChI is InChI=1S/C40H20N6.C7H14/c41-21-32-33(22-42)44-40-31-20-25(46-36-15-7-3-11-28(36)29-12-4-8-16-37(29)46)18-23-17-24(19-30(38(23)31)39(40)43-32)45-34-13-5-1-9-26(34)27-10-2-6-14-35(27)45;1-4-5-6-7(2)3/h1-20H;4-5,7H,6H2,1-3H3/b;5-4-. The maximum atomic E-state index is 9.89. The average Bonchev–Trinajstić information content (AvgIpc) is 3.82. The van der Waals surface area contributed by atoms with Gasteiger partial charge in [0, 0.05) is 49.4 Å². The van der Waals surface area contributed by atoms with Crippen molar-refractivity contribution in [2.45, 2.75) is 27.2 Å². The molecule has 0 amide bonds. The van der Waals surface area contributed by atoms with Gasteiger partial charge < -0.3 is 9.13 Å². The lowest BCUT2D eigenvalue weighted by Crippen LogP contribution is -1.98. The topological polar surface area (TPSA) is 83.2 Å². The summed E-state index contributed by atoms with van der Waals surface area (Å²) < 4.78 is 4.60. The zero-order chi connectivity index (χ0) is 36.2. The van der Waals surface area contributed by atoms with Crippen LogP contribution in [0.3, 0.4) is 0 Å². The minimum Gasteiger partial charge on any atom is -0.309 e. The number of para-hydroxylation sites is 4. The minimum atomic E-state index is 0.0343. The Hall–Kier alpha value is -7.02. The quantitative estimate of drug-likeness (QED) is 0.173. The smallest absolute Gasteiger partial charge is 0.177 e. The molecule has 3 heterocycles. The van der Waals surface area contributed by atoms with Crippen LogP contribution in [0.1, 0.15) is 38.6 Å². The zero-order valence-electron chi connectivity index (χ0n) is 29.7. The number of hydrogen-bond donors (Lipinski definition) is 0. The number of nitriles is 2. The molecule has 0 saturated heterocycles. The molecule has 0 unspecified atom stereocenters. The fourth-order valence-electron chi connectivity index (χ4n) is 7.89. The highest BCUT2D eigenvalue weighted by Gasteiger charge is 2.29. The van der Waals surface area contributed by atoms with Gasteiger partial charge in [0.1, 0.15) is 12.1 Å². The van der Waals surface area contributed by atoms with Crippen LogP contribution in [0.25, 0.3) is 88.3 Å². The maximum Gasteiger partial charge on any atom is 0.177 e. The van der Waals surface area contributed by atoms with Gasteiger partial charge in [-0.15, -0.1) is 0 Å². The average molecular weight is 683 g/mol. The first-order valence-electron chi connectivity index (χ1n) is 17.9. The molecule has 0 spiro atoms. The molecule has 3 aromatic heterocycles. The van der Waals surface area contributed by atoms with E-state index in [1.54, 1.807) is 0 Å². The van der Waals surface area contributed by atoms with Crippen LogP contribution in [0.2, 0.25) is 0 Å².